The van der Waals surface area contributed by atoms with Gasteiger partial charge in [-0.15, -0.1) is 12.4 Å². The predicted octanol–water partition coefficient (Wildman–Crippen LogP) is 0.900. The molecular formula is C15H23ClFN3O3. The smallest absolute Gasteiger partial charge is 0.254 e. The van der Waals surface area contributed by atoms with E-state index in [1.54, 1.807) is 0 Å². The number of hydrogen-bond acceptors (Lipinski definition) is 5. The molecule has 8 heteroatoms. The Morgan fingerprint density at radius 1 is 1.26 bits per heavy atom. The topological polar surface area (TPSA) is 62.8 Å². The van der Waals surface area contributed by atoms with E-state index >= 15 is 0 Å². The van der Waals surface area contributed by atoms with Crippen LogP contribution < -0.4 is 20.1 Å². The molecule has 1 amide bonds. The quantitative estimate of drug-likeness (QED) is 0.800. The van der Waals surface area contributed by atoms with Crippen molar-refractivity contribution in [3.05, 3.63) is 23.5 Å². The van der Waals surface area contributed by atoms with Gasteiger partial charge in [-0.05, 0) is 6.07 Å². The summed E-state index contributed by atoms with van der Waals surface area (Å²) in [5, 5.41) is 6.00. The van der Waals surface area contributed by atoms with Gasteiger partial charge in [-0.25, -0.2) is 4.39 Å². The Balaban J connectivity index is 0.00000264. The van der Waals surface area contributed by atoms with Gasteiger partial charge >= 0.3 is 0 Å². The van der Waals surface area contributed by atoms with E-state index < -0.39 is 11.7 Å². The first-order valence-electron chi connectivity index (χ1n) is 7.28. The second-order valence-electron chi connectivity index (χ2n) is 5.03. The van der Waals surface area contributed by atoms with Crippen molar-refractivity contribution in [1.29, 1.82) is 0 Å². The average Bonchev–Trinajstić information content (AvgIpc) is 2.55. The van der Waals surface area contributed by atoms with E-state index in [-0.39, 0.29) is 23.7 Å². The maximum absolute atomic E-state index is 14.0. The summed E-state index contributed by atoms with van der Waals surface area (Å²) in [6.07, 6.45) is 0. The number of amides is 1. The Hall–Kier alpha value is -1.57. The Kier molecular flexibility index (Phi) is 8.08. The molecule has 0 bridgehead atoms. The molecule has 1 aromatic rings. The number of halogens is 2. The molecule has 1 aliphatic rings. The highest BCUT2D eigenvalue weighted by Gasteiger charge is 2.17. The van der Waals surface area contributed by atoms with Crippen LogP contribution in [-0.2, 0) is 0 Å². The van der Waals surface area contributed by atoms with Gasteiger partial charge in [0, 0.05) is 45.3 Å². The van der Waals surface area contributed by atoms with E-state index in [4.69, 9.17) is 9.47 Å². The summed E-state index contributed by atoms with van der Waals surface area (Å²) in [5.74, 6) is -0.487. The number of nitrogens with one attached hydrogen (secondary N) is 2. The maximum Gasteiger partial charge on any atom is 0.254 e. The fourth-order valence-electron chi connectivity index (χ4n) is 2.39. The summed E-state index contributed by atoms with van der Waals surface area (Å²) in [4.78, 5) is 14.3. The number of carbonyl (C=O) groups is 1. The molecule has 2 rings (SSSR count). The van der Waals surface area contributed by atoms with Crippen molar-refractivity contribution in [2.45, 2.75) is 0 Å². The molecular weight excluding hydrogens is 325 g/mol. The van der Waals surface area contributed by atoms with Crippen LogP contribution in [0, 0.1) is 5.82 Å². The van der Waals surface area contributed by atoms with E-state index in [0.29, 0.717) is 12.3 Å². The van der Waals surface area contributed by atoms with Crippen LogP contribution in [0.15, 0.2) is 12.1 Å². The molecule has 1 fully saturated rings. The zero-order valence-corrected chi connectivity index (χ0v) is 14.2. The molecule has 23 heavy (non-hydrogen) atoms. The van der Waals surface area contributed by atoms with Gasteiger partial charge in [0.2, 0.25) is 0 Å². The van der Waals surface area contributed by atoms with Gasteiger partial charge in [-0.1, -0.05) is 0 Å². The molecule has 0 aromatic heterocycles. The molecule has 6 nitrogen and oxygen atoms in total. The molecule has 1 saturated heterocycles. The van der Waals surface area contributed by atoms with E-state index in [1.165, 1.54) is 20.3 Å². The Labute approximate surface area is 141 Å². The monoisotopic (exact) mass is 347 g/mol. The van der Waals surface area contributed by atoms with Crippen LogP contribution in [0.3, 0.4) is 0 Å². The van der Waals surface area contributed by atoms with Crippen LogP contribution in [0.4, 0.5) is 4.39 Å². The van der Waals surface area contributed by atoms with Gasteiger partial charge in [0.1, 0.15) is 5.82 Å². The summed E-state index contributed by atoms with van der Waals surface area (Å²) < 4.78 is 24.1. The molecule has 1 aliphatic heterocycles. The predicted molar refractivity (Wildman–Crippen MR) is 88.4 cm³/mol. The van der Waals surface area contributed by atoms with E-state index in [0.717, 1.165) is 38.8 Å². The molecule has 0 radical (unpaired) electrons. The summed E-state index contributed by atoms with van der Waals surface area (Å²) >= 11 is 0. The highest BCUT2D eigenvalue weighted by atomic mass is 35.5. The average molecular weight is 348 g/mol. The first kappa shape index (κ1) is 19.5. The van der Waals surface area contributed by atoms with Gasteiger partial charge in [-0.2, -0.15) is 0 Å². The second-order valence-corrected chi connectivity index (χ2v) is 5.03. The van der Waals surface area contributed by atoms with Gasteiger partial charge in [0.05, 0.1) is 19.8 Å². The number of nitrogens with zero attached hydrogens (tertiary/aromatic N) is 1. The van der Waals surface area contributed by atoms with E-state index in [9.17, 15) is 9.18 Å². The molecule has 2 N–H and O–H groups in total. The van der Waals surface area contributed by atoms with E-state index in [1.807, 2.05) is 0 Å². The van der Waals surface area contributed by atoms with Crippen LogP contribution in [0.25, 0.3) is 0 Å². The number of rotatable bonds is 6. The third-order valence-corrected chi connectivity index (χ3v) is 3.64. The Bertz CT molecular complexity index is 525. The number of hydrogen-bond donors (Lipinski definition) is 2. The first-order valence-corrected chi connectivity index (χ1v) is 7.28. The Morgan fingerprint density at radius 2 is 1.87 bits per heavy atom. The molecule has 0 saturated carbocycles. The SMILES string of the molecule is COc1cc(F)c(C(=O)NCCN2CCNCC2)cc1OC.Cl. The lowest BCUT2D eigenvalue weighted by atomic mass is 10.1. The minimum Gasteiger partial charge on any atom is -0.493 e. The largest absolute Gasteiger partial charge is 0.493 e. The van der Waals surface area contributed by atoms with Gasteiger partial charge < -0.3 is 20.1 Å². The van der Waals surface area contributed by atoms with Crippen molar-refractivity contribution < 1.29 is 18.7 Å². The lowest BCUT2D eigenvalue weighted by molar-refractivity contribution is 0.0942. The highest BCUT2D eigenvalue weighted by Crippen LogP contribution is 2.29. The van der Waals surface area contributed by atoms with Crippen molar-refractivity contribution in [1.82, 2.24) is 15.5 Å². The van der Waals surface area contributed by atoms with Crippen molar-refractivity contribution in [2.24, 2.45) is 0 Å². The molecule has 1 aromatic carbocycles. The number of methoxy groups -OCH3 is 2. The fourth-order valence-corrected chi connectivity index (χ4v) is 2.39. The first-order chi connectivity index (χ1) is 10.7. The molecule has 130 valence electrons. The summed E-state index contributed by atoms with van der Waals surface area (Å²) in [6, 6.07) is 2.51. The zero-order chi connectivity index (χ0) is 15.9. The van der Waals surface area contributed by atoms with Crippen LogP contribution in [0.2, 0.25) is 0 Å². The standard InChI is InChI=1S/C15H22FN3O3.ClH/c1-21-13-9-11(12(16)10-14(13)22-2)15(20)18-5-8-19-6-3-17-4-7-19;/h9-10,17H,3-8H2,1-2H3,(H,18,20);1H. The van der Waals surface area contributed by atoms with Gasteiger partial charge in [0.25, 0.3) is 5.91 Å². The van der Waals surface area contributed by atoms with Crippen LogP contribution in [-0.4, -0.2) is 64.3 Å². The fraction of sp³-hybridized carbons (Fsp3) is 0.533. The third-order valence-electron chi connectivity index (χ3n) is 3.64. The second kappa shape index (κ2) is 9.54. The number of carbonyl (C=O) groups excluding carboxylic acids is 1. The lowest BCUT2D eigenvalue weighted by Crippen LogP contribution is -2.46. The molecule has 1 heterocycles. The van der Waals surface area contributed by atoms with Gasteiger partial charge in [-0.3, -0.25) is 9.69 Å². The zero-order valence-electron chi connectivity index (χ0n) is 13.4. The van der Waals surface area contributed by atoms with Gasteiger partial charge in [0.15, 0.2) is 11.5 Å². The molecule has 0 aliphatic carbocycles. The molecule has 0 spiro atoms. The normalized spacial score (nSPS) is 14.7. The van der Waals surface area contributed by atoms with Crippen molar-refractivity contribution in [2.75, 3.05) is 53.5 Å². The van der Waals surface area contributed by atoms with Crippen LogP contribution >= 0.6 is 12.4 Å². The summed E-state index contributed by atoms with van der Waals surface area (Å²) in [5.41, 5.74) is -0.0436. The third kappa shape index (κ3) is 5.23. The minimum atomic E-state index is -0.627. The number of ether oxygens (including phenoxy) is 2. The lowest BCUT2D eigenvalue weighted by Gasteiger charge is -2.27. The highest BCUT2D eigenvalue weighted by molar-refractivity contribution is 5.95. The number of benzene rings is 1. The summed E-state index contributed by atoms with van der Waals surface area (Å²) in [6.45, 7) is 5.06. The van der Waals surface area contributed by atoms with Crippen LogP contribution in [0.5, 0.6) is 11.5 Å². The number of piperazine rings is 1. The molecule has 0 atom stereocenters. The molecule has 0 unspecified atom stereocenters. The van der Waals surface area contributed by atoms with Crippen LogP contribution in [0.1, 0.15) is 10.4 Å². The Morgan fingerprint density at radius 3 is 2.48 bits per heavy atom. The van der Waals surface area contributed by atoms with E-state index in [2.05, 4.69) is 15.5 Å². The van der Waals surface area contributed by atoms with Crippen molar-refractivity contribution in [3.8, 4) is 11.5 Å². The summed E-state index contributed by atoms with van der Waals surface area (Å²) in [7, 11) is 2.87. The van der Waals surface area contributed by atoms with Crippen molar-refractivity contribution >= 4 is 18.3 Å². The minimum absolute atomic E-state index is 0. The maximum atomic E-state index is 14.0. The van der Waals surface area contributed by atoms with Crippen molar-refractivity contribution in [3.63, 3.8) is 0 Å².